The minimum absolute atomic E-state index is 0.157. The Morgan fingerprint density at radius 1 is 1.53 bits per heavy atom. The second-order valence-electron chi connectivity index (χ2n) is 5.14. The van der Waals surface area contributed by atoms with Crippen LogP contribution in [0.1, 0.15) is 60.6 Å². The molecular formula is C13H21N3O2S. The first-order valence-corrected chi connectivity index (χ1v) is 7.66. The van der Waals surface area contributed by atoms with Crippen molar-refractivity contribution in [3.63, 3.8) is 0 Å². The van der Waals surface area contributed by atoms with Gasteiger partial charge in [-0.05, 0) is 19.8 Å². The van der Waals surface area contributed by atoms with Gasteiger partial charge >= 0.3 is 0 Å². The molecule has 0 saturated heterocycles. The Hall–Kier alpha value is -0.980. The Morgan fingerprint density at radius 3 is 2.95 bits per heavy atom. The Bertz CT molecular complexity index is 433. The topological polar surface area (TPSA) is 88.2 Å². The normalized spacial score (nSPS) is 25.6. The summed E-state index contributed by atoms with van der Waals surface area (Å²) in [6.07, 6.45) is 4.33. The molecule has 0 bridgehead atoms. The third kappa shape index (κ3) is 3.75. The first-order valence-electron chi connectivity index (χ1n) is 6.78. The molecule has 19 heavy (non-hydrogen) atoms. The zero-order valence-corrected chi connectivity index (χ0v) is 11.9. The van der Waals surface area contributed by atoms with E-state index in [2.05, 4.69) is 10.3 Å². The largest absolute Gasteiger partial charge is 0.391 e. The van der Waals surface area contributed by atoms with E-state index >= 15 is 0 Å². The highest BCUT2D eigenvalue weighted by Crippen LogP contribution is 2.19. The minimum atomic E-state index is -0.446. The van der Waals surface area contributed by atoms with E-state index in [4.69, 9.17) is 5.73 Å². The summed E-state index contributed by atoms with van der Waals surface area (Å²) < 4.78 is 0. The predicted octanol–water partition coefficient (Wildman–Crippen LogP) is 1.59. The Morgan fingerprint density at radius 2 is 2.26 bits per heavy atom. The Kier molecular flexibility index (Phi) is 4.90. The molecule has 1 fully saturated rings. The second-order valence-corrected chi connectivity index (χ2v) is 6.03. The second kappa shape index (κ2) is 6.45. The van der Waals surface area contributed by atoms with E-state index < -0.39 is 6.10 Å². The maximum atomic E-state index is 12.1. The van der Waals surface area contributed by atoms with Crippen molar-refractivity contribution in [3.05, 3.63) is 16.1 Å². The lowest BCUT2D eigenvalue weighted by atomic mass is 10.1. The van der Waals surface area contributed by atoms with Gasteiger partial charge < -0.3 is 16.2 Å². The number of amides is 1. The lowest BCUT2D eigenvalue weighted by Gasteiger charge is -2.21. The van der Waals surface area contributed by atoms with Crippen LogP contribution in [0.3, 0.4) is 0 Å². The maximum absolute atomic E-state index is 12.1. The van der Waals surface area contributed by atoms with E-state index in [1.807, 2.05) is 6.92 Å². The van der Waals surface area contributed by atoms with Crippen LogP contribution in [0.4, 0.5) is 0 Å². The van der Waals surface area contributed by atoms with E-state index in [-0.39, 0.29) is 18.0 Å². The average molecular weight is 283 g/mol. The number of nitrogens with two attached hydrogens (primary N) is 1. The molecular weight excluding hydrogens is 262 g/mol. The van der Waals surface area contributed by atoms with Gasteiger partial charge in [-0.25, -0.2) is 4.98 Å². The van der Waals surface area contributed by atoms with Gasteiger partial charge in [-0.15, -0.1) is 11.3 Å². The van der Waals surface area contributed by atoms with Crippen molar-refractivity contribution in [1.82, 2.24) is 10.3 Å². The number of nitrogens with one attached hydrogen (secondary N) is 1. The van der Waals surface area contributed by atoms with Crippen LogP contribution in [0, 0.1) is 0 Å². The van der Waals surface area contributed by atoms with Crippen molar-refractivity contribution >= 4 is 17.2 Å². The van der Waals surface area contributed by atoms with E-state index in [0.717, 1.165) is 37.1 Å². The number of carbonyl (C=O) groups excluding carboxylic acids is 1. The van der Waals surface area contributed by atoms with Crippen molar-refractivity contribution in [3.8, 4) is 0 Å². The maximum Gasteiger partial charge on any atom is 0.271 e. The highest BCUT2D eigenvalue weighted by atomic mass is 32.1. The van der Waals surface area contributed by atoms with Crippen molar-refractivity contribution in [1.29, 1.82) is 0 Å². The van der Waals surface area contributed by atoms with Crippen LogP contribution in [-0.2, 0) is 0 Å². The highest BCUT2D eigenvalue weighted by molar-refractivity contribution is 7.09. The number of carbonyl (C=O) groups is 1. The standard InChI is InChI=1S/C13H21N3O2S/c1-8(14)13-16-10(7-19-13)12(18)15-9-5-3-2-4-6-11(9)17/h7-9,11,17H,2-6,14H2,1H3,(H,15,18). The molecule has 1 saturated carbocycles. The monoisotopic (exact) mass is 283 g/mol. The molecule has 6 heteroatoms. The molecule has 1 heterocycles. The van der Waals surface area contributed by atoms with Gasteiger partial charge in [-0.1, -0.05) is 19.3 Å². The molecule has 0 radical (unpaired) electrons. The SMILES string of the molecule is CC(N)c1nc(C(=O)NC2CCCCCC2O)cs1. The van der Waals surface area contributed by atoms with Gasteiger partial charge in [0.1, 0.15) is 10.7 Å². The lowest BCUT2D eigenvalue weighted by molar-refractivity contribution is 0.0815. The van der Waals surface area contributed by atoms with Gasteiger partial charge in [0.25, 0.3) is 5.91 Å². The predicted molar refractivity (Wildman–Crippen MR) is 75.1 cm³/mol. The number of aliphatic hydroxyl groups excluding tert-OH is 1. The van der Waals surface area contributed by atoms with Crippen LogP contribution in [0.15, 0.2) is 5.38 Å². The first kappa shape index (κ1) is 14.4. The van der Waals surface area contributed by atoms with Crippen LogP contribution in [0.2, 0.25) is 0 Å². The van der Waals surface area contributed by atoms with Crippen molar-refractivity contribution in [2.45, 2.75) is 57.2 Å². The van der Waals surface area contributed by atoms with Gasteiger partial charge in [-0.3, -0.25) is 4.79 Å². The van der Waals surface area contributed by atoms with Gasteiger partial charge in [0, 0.05) is 5.38 Å². The van der Waals surface area contributed by atoms with Gasteiger partial charge in [-0.2, -0.15) is 0 Å². The van der Waals surface area contributed by atoms with E-state index in [9.17, 15) is 9.90 Å². The van der Waals surface area contributed by atoms with E-state index in [1.54, 1.807) is 5.38 Å². The van der Waals surface area contributed by atoms with E-state index in [1.165, 1.54) is 11.3 Å². The van der Waals surface area contributed by atoms with Crippen molar-refractivity contribution in [2.75, 3.05) is 0 Å². The van der Waals surface area contributed by atoms with Crippen LogP contribution in [-0.4, -0.2) is 28.1 Å². The van der Waals surface area contributed by atoms with Gasteiger partial charge in [0.2, 0.25) is 0 Å². The number of hydrogen-bond donors (Lipinski definition) is 3. The fraction of sp³-hybridized carbons (Fsp3) is 0.692. The Labute approximate surface area is 117 Å². The zero-order valence-electron chi connectivity index (χ0n) is 11.1. The molecule has 1 aromatic rings. The van der Waals surface area contributed by atoms with Gasteiger partial charge in [0.15, 0.2) is 0 Å². The summed E-state index contributed by atoms with van der Waals surface area (Å²) in [5.41, 5.74) is 6.13. The molecule has 106 valence electrons. The van der Waals surface area contributed by atoms with Crippen LogP contribution in [0.5, 0.6) is 0 Å². The van der Waals surface area contributed by atoms with Crippen LogP contribution >= 0.6 is 11.3 Å². The average Bonchev–Trinajstić information content (AvgIpc) is 2.78. The molecule has 0 spiro atoms. The molecule has 0 aromatic carbocycles. The summed E-state index contributed by atoms with van der Waals surface area (Å²) in [7, 11) is 0. The summed E-state index contributed by atoms with van der Waals surface area (Å²) in [4.78, 5) is 16.3. The number of hydrogen-bond acceptors (Lipinski definition) is 5. The fourth-order valence-corrected chi connectivity index (χ4v) is 3.06. The number of aromatic nitrogens is 1. The summed E-state index contributed by atoms with van der Waals surface area (Å²) in [6.45, 7) is 1.84. The zero-order chi connectivity index (χ0) is 13.8. The highest BCUT2D eigenvalue weighted by Gasteiger charge is 2.24. The smallest absolute Gasteiger partial charge is 0.271 e. The number of thiazole rings is 1. The Balaban J connectivity index is 1.98. The molecule has 3 atom stereocenters. The van der Waals surface area contributed by atoms with E-state index in [0.29, 0.717) is 5.69 Å². The quantitative estimate of drug-likeness (QED) is 0.735. The fourth-order valence-electron chi connectivity index (χ4n) is 2.30. The third-order valence-corrected chi connectivity index (χ3v) is 4.49. The van der Waals surface area contributed by atoms with Crippen molar-refractivity contribution in [2.24, 2.45) is 5.73 Å². The van der Waals surface area contributed by atoms with Crippen LogP contribution in [0.25, 0.3) is 0 Å². The minimum Gasteiger partial charge on any atom is -0.391 e. The van der Waals surface area contributed by atoms with Gasteiger partial charge in [0.05, 0.1) is 18.2 Å². The number of rotatable bonds is 3. The summed E-state index contributed by atoms with van der Waals surface area (Å²) in [6, 6.07) is -0.314. The number of nitrogens with zero attached hydrogens (tertiary/aromatic N) is 1. The lowest BCUT2D eigenvalue weighted by Crippen LogP contribution is -2.42. The summed E-state index contributed by atoms with van der Waals surface area (Å²) in [5, 5.41) is 15.4. The third-order valence-electron chi connectivity index (χ3n) is 3.44. The molecule has 1 aliphatic rings. The van der Waals surface area contributed by atoms with Crippen LogP contribution < -0.4 is 11.1 Å². The van der Waals surface area contributed by atoms with Crippen molar-refractivity contribution < 1.29 is 9.90 Å². The molecule has 3 unspecified atom stereocenters. The summed E-state index contributed by atoms with van der Waals surface area (Å²) >= 11 is 1.39. The molecule has 2 rings (SSSR count). The molecule has 1 aromatic heterocycles. The molecule has 4 N–H and O–H groups in total. The molecule has 1 aliphatic carbocycles. The summed E-state index contributed by atoms with van der Waals surface area (Å²) in [5.74, 6) is -0.214. The first-order chi connectivity index (χ1) is 9.08. The number of aliphatic hydroxyl groups is 1. The molecule has 5 nitrogen and oxygen atoms in total. The molecule has 0 aliphatic heterocycles. The molecule has 1 amide bonds.